The highest BCUT2D eigenvalue weighted by Crippen LogP contribution is 2.17. The van der Waals surface area contributed by atoms with E-state index >= 15 is 0 Å². The number of aliphatic hydroxyl groups excluding tert-OH is 1. The lowest BCUT2D eigenvalue weighted by Crippen LogP contribution is -2.27. The fraction of sp³-hybridized carbons (Fsp3) is 0.188. The van der Waals surface area contributed by atoms with Crippen molar-refractivity contribution < 1.29 is 18.3 Å². The fourth-order valence-corrected chi connectivity index (χ4v) is 3.26. The second kappa shape index (κ2) is 7.07. The first-order chi connectivity index (χ1) is 10.5. The van der Waals surface area contributed by atoms with E-state index in [4.69, 9.17) is 10.00 Å². The van der Waals surface area contributed by atoms with Crippen LogP contribution in [0.15, 0.2) is 59.5 Å². The summed E-state index contributed by atoms with van der Waals surface area (Å²) in [6.45, 7) is -0.204. The minimum atomic E-state index is -3.57. The van der Waals surface area contributed by atoms with Crippen molar-refractivity contribution in [3.63, 3.8) is 0 Å². The molecule has 2 aromatic rings. The van der Waals surface area contributed by atoms with E-state index in [9.17, 15) is 13.5 Å². The van der Waals surface area contributed by atoms with Gasteiger partial charge in [0.1, 0.15) is 24.5 Å². The second-order valence-corrected chi connectivity index (χ2v) is 6.70. The summed E-state index contributed by atoms with van der Waals surface area (Å²) in [7, 11) is -3.57. The summed E-state index contributed by atoms with van der Waals surface area (Å²) in [5.41, 5.74) is 0.334. The molecule has 0 spiro atoms. The summed E-state index contributed by atoms with van der Waals surface area (Å²) >= 11 is 0. The highest BCUT2D eigenvalue weighted by Gasteiger charge is 2.20. The molecule has 6 heteroatoms. The van der Waals surface area contributed by atoms with E-state index in [2.05, 4.69) is 0 Å². The van der Waals surface area contributed by atoms with Crippen molar-refractivity contribution in [3.05, 3.63) is 60.2 Å². The minimum Gasteiger partial charge on any atom is -0.489 e. The van der Waals surface area contributed by atoms with Gasteiger partial charge in [-0.25, -0.2) is 8.42 Å². The molecule has 0 saturated carbocycles. The largest absolute Gasteiger partial charge is 0.489 e. The van der Waals surface area contributed by atoms with E-state index in [1.54, 1.807) is 42.5 Å². The van der Waals surface area contributed by atoms with Gasteiger partial charge in [-0.05, 0) is 24.3 Å². The van der Waals surface area contributed by atoms with Crippen molar-refractivity contribution in [2.75, 3.05) is 12.4 Å². The first-order valence-corrected chi connectivity index (χ1v) is 8.26. The zero-order valence-corrected chi connectivity index (χ0v) is 12.5. The van der Waals surface area contributed by atoms with Crippen molar-refractivity contribution in [1.82, 2.24) is 0 Å². The van der Waals surface area contributed by atoms with Crippen LogP contribution in [-0.4, -0.2) is 32.0 Å². The predicted molar refractivity (Wildman–Crippen MR) is 81.2 cm³/mol. The summed E-state index contributed by atoms with van der Waals surface area (Å²) in [5, 5.41) is 18.8. The molecule has 2 aromatic carbocycles. The third kappa shape index (κ3) is 4.07. The molecule has 0 saturated heterocycles. The Balaban J connectivity index is 1.99. The average Bonchev–Trinajstić information content (AvgIpc) is 2.53. The van der Waals surface area contributed by atoms with Gasteiger partial charge in [-0.1, -0.05) is 30.3 Å². The third-order valence-electron chi connectivity index (χ3n) is 2.95. The average molecular weight is 317 g/mol. The van der Waals surface area contributed by atoms with E-state index < -0.39 is 21.7 Å². The maximum absolute atomic E-state index is 12.1. The fourth-order valence-electron chi connectivity index (χ4n) is 1.90. The van der Waals surface area contributed by atoms with Crippen molar-refractivity contribution >= 4 is 9.84 Å². The summed E-state index contributed by atoms with van der Waals surface area (Å²) in [4.78, 5) is 0.159. The SMILES string of the molecule is N#Cc1ccccc1OC[C@H](O)CS(=O)(=O)c1ccccc1. The van der Waals surface area contributed by atoms with Gasteiger partial charge in [-0.15, -0.1) is 0 Å². The number of rotatable bonds is 6. The number of hydrogen-bond donors (Lipinski definition) is 1. The van der Waals surface area contributed by atoms with Crippen molar-refractivity contribution in [2.45, 2.75) is 11.0 Å². The molecular formula is C16H15NO4S. The Morgan fingerprint density at radius 2 is 1.73 bits per heavy atom. The van der Waals surface area contributed by atoms with Crippen LogP contribution in [0.3, 0.4) is 0 Å². The number of benzene rings is 2. The molecule has 22 heavy (non-hydrogen) atoms. The lowest BCUT2D eigenvalue weighted by Gasteiger charge is -2.13. The lowest BCUT2D eigenvalue weighted by molar-refractivity contribution is 0.124. The maximum atomic E-state index is 12.1. The molecule has 0 aliphatic heterocycles. The maximum Gasteiger partial charge on any atom is 0.181 e. The van der Waals surface area contributed by atoms with Gasteiger partial charge in [0.15, 0.2) is 9.84 Å². The summed E-state index contributed by atoms with van der Waals surface area (Å²) < 4.78 is 29.6. The Morgan fingerprint density at radius 1 is 1.09 bits per heavy atom. The Hall–Kier alpha value is -2.36. The van der Waals surface area contributed by atoms with Gasteiger partial charge in [0.05, 0.1) is 16.2 Å². The number of aliphatic hydroxyl groups is 1. The van der Waals surface area contributed by atoms with Crippen LogP contribution in [0.2, 0.25) is 0 Å². The zero-order valence-electron chi connectivity index (χ0n) is 11.7. The monoisotopic (exact) mass is 317 g/mol. The first kappa shape index (κ1) is 16.0. The predicted octanol–water partition coefficient (Wildman–Crippen LogP) is 1.77. The quantitative estimate of drug-likeness (QED) is 0.877. The van der Waals surface area contributed by atoms with E-state index in [1.165, 1.54) is 12.1 Å². The summed E-state index contributed by atoms with van der Waals surface area (Å²) in [6.07, 6.45) is -1.18. The highest BCUT2D eigenvalue weighted by molar-refractivity contribution is 7.91. The van der Waals surface area contributed by atoms with Crippen molar-refractivity contribution in [2.24, 2.45) is 0 Å². The van der Waals surface area contributed by atoms with E-state index in [0.717, 1.165) is 0 Å². The Kier molecular flexibility index (Phi) is 5.15. The van der Waals surface area contributed by atoms with E-state index in [-0.39, 0.29) is 11.5 Å². The number of sulfone groups is 1. The number of para-hydroxylation sites is 1. The van der Waals surface area contributed by atoms with Crippen LogP contribution in [0.4, 0.5) is 0 Å². The molecule has 0 unspecified atom stereocenters. The normalized spacial score (nSPS) is 12.4. The Morgan fingerprint density at radius 3 is 2.41 bits per heavy atom. The van der Waals surface area contributed by atoms with Crippen LogP contribution in [0.1, 0.15) is 5.56 Å². The van der Waals surface area contributed by atoms with Crippen LogP contribution in [-0.2, 0) is 9.84 Å². The summed E-state index contributed by atoms with van der Waals surface area (Å²) in [5.74, 6) is -0.118. The van der Waals surface area contributed by atoms with Gasteiger partial charge >= 0.3 is 0 Å². The molecular weight excluding hydrogens is 302 g/mol. The molecule has 0 bridgehead atoms. The van der Waals surface area contributed by atoms with Crippen LogP contribution >= 0.6 is 0 Å². The molecule has 0 heterocycles. The molecule has 1 N–H and O–H groups in total. The van der Waals surface area contributed by atoms with E-state index in [0.29, 0.717) is 11.3 Å². The molecule has 0 fully saturated rings. The van der Waals surface area contributed by atoms with Crippen LogP contribution < -0.4 is 4.74 Å². The van der Waals surface area contributed by atoms with Gasteiger partial charge in [-0.2, -0.15) is 5.26 Å². The van der Waals surface area contributed by atoms with Gasteiger partial charge in [0.25, 0.3) is 0 Å². The molecule has 0 aromatic heterocycles. The molecule has 114 valence electrons. The van der Waals surface area contributed by atoms with Crippen LogP contribution in [0.5, 0.6) is 5.75 Å². The number of nitriles is 1. The molecule has 1 atom stereocenters. The molecule has 0 aliphatic rings. The standard InChI is InChI=1S/C16H15NO4S/c17-10-13-6-4-5-9-16(13)21-11-14(18)12-22(19,20)15-7-2-1-3-8-15/h1-9,14,18H,11-12H2/t14-/m0/s1. The Bertz CT molecular complexity index is 766. The molecule has 0 amide bonds. The van der Waals surface area contributed by atoms with Crippen molar-refractivity contribution in [1.29, 1.82) is 5.26 Å². The van der Waals surface area contributed by atoms with Gasteiger partial charge in [-0.3, -0.25) is 0 Å². The lowest BCUT2D eigenvalue weighted by atomic mass is 10.2. The minimum absolute atomic E-state index is 0.159. The van der Waals surface area contributed by atoms with Gasteiger partial charge < -0.3 is 9.84 Å². The van der Waals surface area contributed by atoms with E-state index in [1.807, 2.05) is 6.07 Å². The molecule has 0 radical (unpaired) electrons. The molecule has 0 aliphatic carbocycles. The Labute approximate surface area is 129 Å². The van der Waals surface area contributed by atoms with Gasteiger partial charge in [0.2, 0.25) is 0 Å². The smallest absolute Gasteiger partial charge is 0.181 e. The topological polar surface area (TPSA) is 87.4 Å². The van der Waals surface area contributed by atoms with Crippen LogP contribution in [0.25, 0.3) is 0 Å². The van der Waals surface area contributed by atoms with Gasteiger partial charge in [0, 0.05) is 0 Å². The number of nitrogens with zero attached hydrogens (tertiary/aromatic N) is 1. The zero-order chi connectivity index (χ0) is 16.0. The molecule has 5 nitrogen and oxygen atoms in total. The summed E-state index contributed by atoms with van der Waals surface area (Å²) in [6, 6.07) is 16.5. The highest BCUT2D eigenvalue weighted by atomic mass is 32.2. The number of ether oxygens (including phenoxy) is 1. The number of hydrogen-bond acceptors (Lipinski definition) is 5. The van der Waals surface area contributed by atoms with Crippen molar-refractivity contribution in [3.8, 4) is 11.8 Å². The first-order valence-electron chi connectivity index (χ1n) is 6.61. The third-order valence-corrected chi connectivity index (χ3v) is 4.77. The molecule has 2 rings (SSSR count). The second-order valence-electron chi connectivity index (χ2n) is 4.67. The van der Waals surface area contributed by atoms with Crippen LogP contribution in [0, 0.1) is 11.3 Å².